The van der Waals surface area contributed by atoms with Gasteiger partial charge in [0.15, 0.2) is 0 Å². The summed E-state index contributed by atoms with van der Waals surface area (Å²) in [6, 6.07) is 5.13. The molecule has 2 rings (SSSR count). The molecule has 1 heterocycles. The Morgan fingerprint density at radius 2 is 2.10 bits per heavy atom. The van der Waals surface area contributed by atoms with Gasteiger partial charge in [-0.1, -0.05) is 31.7 Å². The van der Waals surface area contributed by atoms with Crippen molar-refractivity contribution in [2.75, 3.05) is 5.32 Å². The van der Waals surface area contributed by atoms with E-state index in [2.05, 4.69) is 10.3 Å². The Bertz CT molecular complexity index is 534. The lowest BCUT2D eigenvalue weighted by Gasteiger charge is -2.09. The fourth-order valence-electron chi connectivity index (χ4n) is 2.61. The lowest BCUT2D eigenvalue weighted by Crippen LogP contribution is -2.13. The number of carbonyl (C=O) groups excluding carboxylic acids is 1. The van der Waals surface area contributed by atoms with E-state index in [1.54, 1.807) is 18.2 Å². The van der Waals surface area contributed by atoms with Crippen molar-refractivity contribution in [2.24, 2.45) is 5.92 Å². The number of nitrogens with one attached hydrogen (secondary N) is 1. The van der Waals surface area contributed by atoms with E-state index in [4.69, 9.17) is 5.11 Å². The third kappa shape index (κ3) is 5.38. The summed E-state index contributed by atoms with van der Waals surface area (Å²) >= 11 is 0. The van der Waals surface area contributed by atoms with Crippen LogP contribution < -0.4 is 5.32 Å². The van der Waals surface area contributed by atoms with E-state index in [0.717, 1.165) is 12.5 Å². The van der Waals surface area contributed by atoms with Crippen LogP contribution in [0.3, 0.4) is 0 Å². The first-order chi connectivity index (χ1) is 10.1. The van der Waals surface area contributed by atoms with Crippen LogP contribution >= 0.6 is 0 Å². The number of amides is 1. The number of anilines is 1. The molecule has 21 heavy (non-hydrogen) atoms. The summed E-state index contributed by atoms with van der Waals surface area (Å²) in [6.07, 6.45) is 8.91. The summed E-state index contributed by atoms with van der Waals surface area (Å²) in [7, 11) is 0. The number of rotatable bonds is 6. The van der Waals surface area contributed by atoms with Gasteiger partial charge in [-0.05, 0) is 30.5 Å². The van der Waals surface area contributed by atoms with Gasteiger partial charge in [0.2, 0.25) is 5.91 Å². The molecule has 1 fully saturated rings. The summed E-state index contributed by atoms with van der Waals surface area (Å²) in [5.41, 5.74) is 0.506. The van der Waals surface area contributed by atoms with Crippen molar-refractivity contribution in [3.63, 3.8) is 0 Å². The molecule has 1 aromatic rings. The number of nitrogens with zero attached hydrogens (tertiary/aromatic N) is 1. The zero-order chi connectivity index (χ0) is 15.1. The van der Waals surface area contributed by atoms with Gasteiger partial charge in [0.05, 0.1) is 5.69 Å². The lowest BCUT2D eigenvalue weighted by molar-refractivity contribution is -0.131. The molecule has 1 aliphatic rings. The summed E-state index contributed by atoms with van der Waals surface area (Å²) in [6.45, 7) is 0. The van der Waals surface area contributed by atoms with Crippen molar-refractivity contribution in [3.05, 3.63) is 30.0 Å². The first-order valence-electron chi connectivity index (χ1n) is 7.31. The zero-order valence-electron chi connectivity index (χ0n) is 11.9. The number of carboxylic acids is 1. The van der Waals surface area contributed by atoms with E-state index in [-0.39, 0.29) is 5.91 Å². The maximum Gasteiger partial charge on any atom is 0.328 e. The highest BCUT2D eigenvalue weighted by atomic mass is 16.4. The van der Waals surface area contributed by atoms with Crippen LogP contribution in [0.25, 0.3) is 6.08 Å². The second kappa shape index (κ2) is 7.57. The molecular formula is C16H20N2O3. The smallest absolute Gasteiger partial charge is 0.328 e. The summed E-state index contributed by atoms with van der Waals surface area (Å²) < 4.78 is 0. The second-order valence-corrected chi connectivity index (χ2v) is 5.36. The maximum atomic E-state index is 11.9. The first kappa shape index (κ1) is 15.2. The number of hydrogen-bond acceptors (Lipinski definition) is 3. The van der Waals surface area contributed by atoms with Crippen LogP contribution in [0.1, 0.15) is 44.2 Å². The van der Waals surface area contributed by atoms with Crippen molar-refractivity contribution in [2.45, 2.75) is 38.5 Å². The number of carbonyl (C=O) groups is 2. The Hall–Kier alpha value is -2.17. The molecule has 1 saturated carbocycles. The van der Waals surface area contributed by atoms with Crippen LogP contribution in [0, 0.1) is 5.92 Å². The van der Waals surface area contributed by atoms with Gasteiger partial charge in [-0.15, -0.1) is 0 Å². The van der Waals surface area contributed by atoms with Crippen LogP contribution in [0.5, 0.6) is 0 Å². The lowest BCUT2D eigenvalue weighted by atomic mass is 10.0. The van der Waals surface area contributed by atoms with Crippen LogP contribution in [0.15, 0.2) is 24.3 Å². The standard InChI is InChI=1S/C16H20N2O3/c19-15(10-8-12-4-1-2-5-12)18-14-7-3-6-13(17-14)9-11-16(20)21/h3,6-7,9,11-12H,1-2,4-5,8,10H2,(H,20,21)(H,17,18,19). The molecule has 5 heteroatoms. The minimum atomic E-state index is -1.03. The Morgan fingerprint density at radius 1 is 1.33 bits per heavy atom. The van der Waals surface area contributed by atoms with E-state index in [1.165, 1.54) is 31.8 Å². The van der Waals surface area contributed by atoms with Crippen molar-refractivity contribution in [1.82, 2.24) is 4.98 Å². The van der Waals surface area contributed by atoms with Crippen LogP contribution in [-0.2, 0) is 9.59 Å². The highest BCUT2D eigenvalue weighted by Crippen LogP contribution is 2.28. The average Bonchev–Trinajstić information content (AvgIpc) is 2.97. The zero-order valence-corrected chi connectivity index (χ0v) is 11.9. The Kier molecular flexibility index (Phi) is 5.49. The molecule has 0 atom stereocenters. The highest BCUT2D eigenvalue weighted by molar-refractivity contribution is 5.90. The van der Waals surface area contributed by atoms with Crippen molar-refractivity contribution in [1.29, 1.82) is 0 Å². The molecule has 5 nitrogen and oxygen atoms in total. The second-order valence-electron chi connectivity index (χ2n) is 5.36. The Morgan fingerprint density at radius 3 is 2.81 bits per heavy atom. The summed E-state index contributed by atoms with van der Waals surface area (Å²) in [5.74, 6) is 0.0871. The van der Waals surface area contributed by atoms with Gasteiger partial charge in [-0.3, -0.25) is 4.79 Å². The van der Waals surface area contributed by atoms with Crippen LogP contribution in [0.4, 0.5) is 5.82 Å². The topological polar surface area (TPSA) is 79.3 Å². The van der Waals surface area contributed by atoms with Crippen molar-refractivity contribution >= 4 is 23.8 Å². The fraction of sp³-hybridized carbons (Fsp3) is 0.438. The Labute approximate surface area is 124 Å². The average molecular weight is 288 g/mol. The van der Waals surface area contributed by atoms with E-state index in [0.29, 0.717) is 23.9 Å². The van der Waals surface area contributed by atoms with Gasteiger partial charge in [0.1, 0.15) is 5.82 Å². The molecule has 0 aliphatic heterocycles. The molecule has 0 saturated heterocycles. The number of hydrogen-bond donors (Lipinski definition) is 2. The Balaban J connectivity index is 1.85. The van der Waals surface area contributed by atoms with E-state index in [9.17, 15) is 9.59 Å². The molecule has 0 bridgehead atoms. The molecule has 2 N–H and O–H groups in total. The van der Waals surface area contributed by atoms with Crippen molar-refractivity contribution < 1.29 is 14.7 Å². The van der Waals surface area contributed by atoms with Gasteiger partial charge in [-0.2, -0.15) is 0 Å². The maximum absolute atomic E-state index is 11.9. The minimum Gasteiger partial charge on any atom is -0.478 e. The number of aromatic nitrogens is 1. The molecule has 0 spiro atoms. The van der Waals surface area contributed by atoms with Gasteiger partial charge in [-0.25, -0.2) is 9.78 Å². The molecule has 112 valence electrons. The molecule has 1 aromatic heterocycles. The summed E-state index contributed by atoms with van der Waals surface area (Å²) in [5, 5.41) is 11.3. The van der Waals surface area contributed by atoms with Gasteiger partial charge >= 0.3 is 5.97 Å². The van der Waals surface area contributed by atoms with Crippen LogP contribution in [0.2, 0.25) is 0 Å². The van der Waals surface area contributed by atoms with E-state index < -0.39 is 5.97 Å². The van der Waals surface area contributed by atoms with Crippen molar-refractivity contribution in [3.8, 4) is 0 Å². The fourth-order valence-corrected chi connectivity index (χ4v) is 2.61. The number of carboxylic acid groups (broad SMARTS) is 1. The highest BCUT2D eigenvalue weighted by Gasteiger charge is 2.16. The molecule has 0 unspecified atom stereocenters. The van der Waals surface area contributed by atoms with Gasteiger partial charge in [0.25, 0.3) is 0 Å². The third-order valence-electron chi connectivity index (χ3n) is 3.69. The SMILES string of the molecule is O=C(O)C=Cc1cccc(NC(=O)CCC2CCCC2)n1. The quantitative estimate of drug-likeness (QED) is 0.788. The van der Waals surface area contributed by atoms with Gasteiger partial charge in [0, 0.05) is 12.5 Å². The van der Waals surface area contributed by atoms with E-state index in [1.807, 2.05) is 0 Å². The number of pyridine rings is 1. The molecule has 1 amide bonds. The van der Waals surface area contributed by atoms with E-state index >= 15 is 0 Å². The van der Waals surface area contributed by atoms with Crippen LogP contribution in [-0.4, -0.2) is 22.0 Å². The summed E-state index contributed by atoms with van der Waals surface area (Å²) in [4.78, 5) is 26.5. The predicted octanol–water partition coefficient (Wildman–Crippen LogP) is 3.09. The molecule has 0 aromatic carbocycles. The molecular weight excluding hydrogens is 268 g/mol. The third-order valence-corrected chi connectivity index (χ3v) is 3.69. The normalized spacial score (nSPS) is 15.4. The molecule has 1 aliphatic carbocycles. The predicted molar refractivity (Wildman–Crippen MR) is 80.7 cm³/mol. The molecule has 0 radical (unpaired) electrons. The minimum absolute atomic E-state index is 0.0336. The monoisotopic (exact) mass is 288 g/mol. The van der Waals surface area contributed by atoms with Gasteiger partial charge < -0.3 is 10.4 Å². The first-order valence-corrected chi connectivity index (χ1v) is 7.31. The number of aliphatic carboxylic acids is 1. The largest absolute Gasteiger partial charge is 0.478 e.